The van der Waals surface area contributed by atoms with E-state index in [-0.39, 0.29) is 6.00 Å². The van der Waals surface area contributed by atoms with Crippen LogP contribution in [0.15, 0.2) is 0 Å². The molecule has 0 saturated carbocycles. The summed E-state index contributed by atoms with van der Waals surface area (Å²) in [6, 6.07) is -0.319. The SMILES string of the molecule is CB(C)C(O)CN. The topological polar surface area (TPSA) is 46.2 Å². The van der Waals surface area contributed by atoms with Crippen molar-refractivity contribution in [1.82, 2.24) is 0 Å². The first-order valence-corrected chi connectivity index (χ1v) is 2.56. The molecule has 0 spiro atoms. The highest BCUT2D eigenvalue weighted by atomic mass is 16.3. The van der Waals surface area contributed by atoms with Gasteiger partial charge in [-0.25, -0.2) is 0 Å². The highest BCUT2D eigenvalue weighted by Crippen LogP contribution is 1.85. The van der Waals surface area contributed by atoms with Crippen LogP contribution in [0.3, 0.4) is 0 Å². The Balaban J connectivity index is 3.14. The molecule has 7 heavy (non-hydrogen) atoms. The summed E-state index contributed by atoms with van der Waals surface area (Å²) in [5.74, 6) is 0. The molecule has 0 aliphatic heterocycles. The molecule has 3 heteroatoms. The highest BCUT2D eigenvalue weighted by molar-refractivity contribution is 6.57. The molecule has 0 rings (SSSR count). The molecule has 1 unspecified atom stereocenters. The van der Waals surface area contributed by atoms with Crippen LogP contribution in [0, 0.1) is 0 Å². The summed E-state index contributed by atoms with van der Waals surface area (Å²) in [5, 5.41) is 8.81. The van der Waals surface area contributed by atoms with Crippen LogP contribution in [-0.2, 0) is 0 Å². The minimum Gasteiger partial charge on any atom is -0.400 e. The average molecular weight is 101 g/mol. The molecule has 0 saturated heterocycles. The van der Waals surface area contributed by atoms with Gasteiger partial charge >= 0.3 is 0 Å². The third kappa shape index (κ3) is 2.65. The fourth-order valence-electron chi connectivity index (χ4n) is 0.272. The Kier molecular flexibility index (Phi) is 3.04. The predicted molar refractivity (Wildman–Crippen MR) is 32.5 cm³/mol. The van der Waals surface area contributed by atoms with Gasteiger partial charge in [0.15, 0.2) is 6.71 Å². The second kappa shape index (κ2) is 3.05. The first-order valence-electron chi connectivity index (χ1n) is 2.56. The third-order valence-electron chi connectivity index (χ3n) is 1.01. The zero-order valence-corrected chi connectivity index (χ0v) is 4.89. The Labute approximate surface area is 44.8 Å². The van der Waals surface area contributed by atoms with Crippen molar-refractivity contribution in [2.24, 2.45) is 5.73 Å². The van der Waals surface area contributed by atoms with Crippen LogP contribution in [0.2, 0.25) is 13.6 Å². The Bertz CT molecular complexity index is 49.0. The van der Waals surface area contributed by atoms with Crippen molar-refractivity contribution in [3.63, 3.8) is 0 Å². The van der Waals surface area contributed by atoms with Gasteiger partial charge in [0.05, 0.1) is 0 Å². The van der Waals surface area contributed by atoms with Crippen molar-refractivity contribution in [2.75, 3.05) is 6.54 Å². The quantitative estimate of drug-likeness (QED) is 0.465. The van der Waals surface area contributed by atoms with E-state index in [1.807, 2.05) is 13.6 Å². The third-order valence-corrected chi connectivity index (χ3v) is 1.01. The first kappa shape index (κ1) is 6.98. The first-order chi connectivity index (χ1) is 3.18. The molecule has 0 fully saturated rings. The maximum atomic E-state index is 8.81. The molecule has 42 valence electrons. The summed E-state index contributed by atoms with van der Waals surface area (Å²) >= 11 is 0. The molecule has 0 aliphatic rings. The molecular weight excluding hydrogens is 88.9 g/mol. The highest BCUT2D eigenvalue weighted by Gasteiger charge is 2.08. The van der Waals surface area contributed by atoms with Crippen molar-refractivity contribution >= 4 is 6.71 Å². The Morgan fingerprint density at radius 1 is 1.71 bits per heavy atom. The van der Waals surface area contributed by atoms with Gasteiger partial charge in [0.1, 0.15) is 0 Å². The normalized spacial score (nSPS) is 13.7. The van der Waals surface area contributed by atoms with Crippen molar-refractivity contribution in [1.29, 1.82) is 0 Å². The van der Waals surface area contributed by atoms with Gasteiger partial charge in [-0.1, -0.05) is 13.6 Å². The largest absolute Gasteiger partial charge is 0.400 e. The van der Waals surface area contributed by atoms with Crippen molar-refractivity contribution in [3.05, 3.63) is 0 Å². The number of nitrogens with two attached hydrogens (primary N) is 1. The number of aliphatic hydroxyl groups is 1. The number of rotatable bonds is 2. The monoisotopic (exact) mass is 101 g/mol. The minimum atomic E-state index is -0.319. The van der Waals surface area contributed by atoms with E-state index in [1.54, 1.807) is 0 Å². The van der Waals surface area contributed by atoms with Crippen molar-refractivity contribution in [2.45, 2.75) is 19.6 Å². The molecule has 0 bridgehead atoms. The standard InChI is InChI=1S/C4H12BNO/c1-5(2)4(7)3-6/h4,7H,3,6H2,1-2H3. The van der Waals surface area contributed by atoms with Crippen LogP contribution in [0.5, 0.6) is 0 Å². The van der Waals surface area contributed by atoms with E-state index in [0.29, 0.717) is 13.3 Å². The lowest BCUT2D eigenvalue weighted by molar-refractivity contribution is 0.256. The zero-order chi connectivity index (χ0) is 5.86. The molecular formula is C4H12BNO. The fourth-order valence-corrected chi connectivity index (χ4v) is 0.272. The van der Waals surface area contributed by atoms with Crippen LogP contribution in [0.1, 0.15) is 0 Å². The van der Waals surface area contributed by atoms with E-state index >= 15 is 0 Å². The molecule has 0 aromatic carbocycles. The van der Waals surface area contributed by atoms with E-state index in [2.05, 4.69) is 0 Å². The van der Waals surface area contributed by atoms with Gasteiger partial charge in [0, 0.05) is 12.5 Å². The minimum absolute atomic E-state index is 0.296. The maximum absolute atomic E-state index is 8.81. The summed E-state index contributed by atoms with van der Waals surface area (Å²) in [6.07, 6.45) is 0. The maximum Gasteiger partial charge on any atom is 0.170 e. The Morgan fingerprint density at radius 3 is 2.14 bits per heavy atom. The Morgan fingerprint density at radius 2 is 2.14 bits per heavy atom. The molecule has 0 radical (unpaired) electrons. The van der Waals surface area contributed by atoms with Crippen LogP contribution in [0.4, 0.5) is 0 Å². The lowest BCUT2D eigenvalue weighted by Crippen LogP contribution is -2.32. The van der Waals surface area contributed by atoms with Crippen LogP contribution in [0.25, 0.3) is 0 Å². The molecule has 1 atom stereocenters. The summed E-state index contributed by atoms with van der Waals surface area (Å²) in [5.41, 5.74) is 5.12. The van der Waals surface area contributed by atoms with E-state index in [9.17, 15) is 0 Å². The number of hydrogen-bond donors (Lipinski definition) is 2. The summed E-state index contributed by atoms with van der Waals surface area (Å²) in [4.78, 5) is 0. The van der Waals surface area contributed by atoms with Gasteiger partial charge in [-0.2, -0.15) is 0 Å². The zero-order valence-electron chi connectivity index (χ0n) is 4.89. The van der Waals surface area contributed by atoms with Crippen LogP contribution in [-0.4, -0.2) is 24.4 Å². The number of hydrogen-bond acceptors (Lipinski definition) is 2. The van der Waals surface area contributed by atoms with E-state index in [4.69, 9.17) is 10.8 Å². The van der Waals surface area contributed by atoms with Gasteiger partial charge in [-0.3, -0.25) is 0 Å². The lowest BCUT2D eigenvalue weighted by Gasteiger charge is -2.06. The molecule has 0 heterocycles. The van der Waals surface area contributed by atoms with Crippen molar-refractivity contribution < 1.29 is 5.11 Å². The molecule has 0 aromatic heterocycles. The van der Waals surface area contributed by atoms with Crippen LogP contribution >= 0.6 is 0 Å². The summed E-state index contributed by atoms with van der Waals surface area (Å²) in [7, 11) is 0. The molecule has 3 N–H and O–H groups in total. The second-order valence-corrected chi connectivity index (χ2v) is 2.05. The smallest absolute Gasteiger partial charge is 0.170 e. The van der Waals surface area contributed by atoms with Crippen LogP contribution < -0.4 is 5.73 Å². The molecule has 0 aliphatic carbocycles. The van der Waals surface area contributed by atoms with E-state index < -0.39 is 0 Å². The number of aliphatic hydroxyl groups excluding tert-OH is 1. The fraction of sp³-hybridized carbons (Fsp3) is 1.00. The molecule has 0 aromatic rings. The van der Waals surface area contributed by atoms with E-state index in [1.165, 1.54) is 0 Å². The van der Waals surface area contributed by atoms with Gasteiger partial charge in [-0.05, 0) is 0 Å². The van der Waals surface area contributed by atoms with Gasteiger partial charge < -0.3 is 10.8 Å². The van der Waals surface area contributed by atoms with Crippen molar-refractivity contribution in [3.8, 4) is 0 Å². The van der Waals surface area contributed by atoms with Gasteiger partial charge in [0.2, 0.25) is 0 Å². The summed E-state index contributed by atoms with van der Waals surface area (Å²) in [6.45, 7) is 4.55. The Hall–Kier alpha value is -0.0151. The van der Waals surface area contributed by atoms with Gasteiger partial charge in [-0.15, -0.1) is 0 Å². The van der Waals surface area contributed by atoms with E-state index in [0.717, 1.165) is 0 Å². The van der Waals surface area contributed by atoms with Gasteiger partial charge in [0.25, 0.3) is 0 Å². The molecule has 2 nitrogen and oxygen atoms in total. The summed E-state index contributed by atoms with van der Waals surface area (Å²) < 4.78 is 0. The molecule has 0 amide bonds. The predicted octanol–water partition coefficient (Wildman–Crippen LogP) is -0.400. The lowest BCUT2D eigenvalue weighted by atomic mass is 9.50. The average Bonchev–Trinajstić information content (AvgIpc) is 1.65. The second-order valence-electron chi connectivity index (χ2n) is 2.05.